The molecule has 0 spiro atoms. The van der Waals surface area contributed by atoms with Crippen molar-refractivity contribution >= 4 is 22.5 Å². The van der Waals surface area contributed by atoms with Gasteiger partial charge in [-0.25, -0.2) is 0 Å². The summed E-state index contributed by atoms with van der Waals surface area (Å²) in [6.07, 6.45) is 0. The molecule has 0 aliphatic heterocycles. The Morgan fingerprint density at radius 3 is 2.23 bits per heavy atom. The number of nitrogens with one attached hydrogen (secondary N) is 1. The van der Waals surface area contributed by atoms with Crippen LogP contribution in [0.4, 0.5) is 5.69 Å². The van der Waals surface area contributed by atoms with Gasteiger partial charge in [0.2, 0.25) is 5.75 Å². The molecule has 0 aliphatic carbocycles. The number of hydrogen-bond donors (Lipinski definition) is 1. The number of carbonyl (C=O) groups is 1. The third-order valence-electron chi connectivity index (χ3n) is 4.02. The van der Waals surface area contributed by atoms with Crippen LogP contribution in [0.25, 0.3) is 10.9 Å². The van der Waals surface area contributed by atoms with Crippen molar-refractivity contribution in [2.75, 3.05) is 26.6 Å². The van der Waals surface area contributed by atoms with E-state index in [1.807, 2.05) is 37.3 Å². The Morgan fingerprint density at radius 2 is 1.62 bits per heavy atom. The summed E-state index contributed by atoms with van der Waals surface area (Å²) in [5.74, 6) is 1.01. The van der Waals surface area contributed by atoms with Crippen molar-refractivity contribution in [2.24, 2.45) is 0 Å². The first-order valence-corrected chi connectivity index (χ1v) is 8.05. The summed E-state index contributed by atoms with van der Waals surface area (Å²) in [6, 6.07) is 12.7. The molecular weight excluding hydrogens is 332 g/mol. The van der Waals surface area contributed by atoms with E-state index in [-0.39, 0.29) is 5.91 Å². The largest absolute Gasteiger partial charge is 0.493 e. The van der Waals surface area contributed by atoms with E-state index in [4.69, 9.17) is 14.2 Å². The van der Waals surface area contributed by atoms with Crippen LogP contribution in [0, 0.1) is 6.92 Å². The van der Waals surface area contributed by atoms with Crippen molar-refractivity contribution in [1.82, 2.24) is 4.98 Å². The van der Waals surface area contributed by atoms with Crippen LogP contribution in [0.2, 0.25) is 0 Å². The van der Waals surface area contributed by atoms with E-state index in [2.05, 4.69) is 10.3 Å². The summed E-state index contributed by atoms with van der Waals surface area (Å²) in [4.78, 5) is 17.3. The number of methoxy groups -OCH3 is 3. The van der Waals surface area contributed by atoms with Gasteiger partial charge in [0.25, 0.3) is 5.91 Å². The van der Waals surface area contributed by atoms with Crippen molar-refractivity contribution in [1.29, 1.82) is 0 Å². The predicted octanol–water partition coefficient (Wildman–Crippen LogP) is 3.82. The lowest BCUT2D eigenvalue weighted by Crippen LogP contribution is -2.13. The second-order valence-corrected chi connectivity index (χ2v) is 5.70. The molecule has 0 saturated carbocycles. The minimum atomic E-state index is -0.278. The maximum absolute atomic E-state index is 12.8. The molecule has 0 bridgehead atoms. The van der Waals surface area contributed by atoms with Gasteiger partial charge in [-0.3, -0.25) is 9.78 Å². The van der Waals surface area contributed by atoms with Gasteiger partial charge in [0, 0.05) is 16.6 Å². The summed E-state index contributed by atoms with van der Waals surface area (Å²) < 4.78 is 15.9. The van der Waals surface area contributed by atoms with Gasteiger partial charge in [-0.1, -0.05) is 18.2 Å². The van der Waals surface area contributed by atoms with Crippen LogP contribution >= 0.6 is 0 Å². The monoisotopic (exact) mass is 352 g/mol. The van der Waals surface area contributed by atoms with Crippen molar-refractivity contribution in [3.63, 3.8) is 0 Å². The first kappa shape index (κ1) is 17.5. The molecule has 3 aromatic rings. The maximum Gasteiger partial charge on any atom is 0.255 e. The second kappa shape index (κ2) is 7.31. The Morgan fingerprint density at radius 1 is 0.962 bits per heavy atom. The molecule has 26 heavy (non-hydrogen) atoms. The molecule has 6 nitrogen and oxygen atoms in total. The van der Waals surface area contributed by atoms with E-state index < -0.39 is 0 Å². The number of nitrogens with zero attached hydrogens (tertiary/aromatic N) is 1. The Bertz CT molecular complexity index is 944. The zero-order chi connectivity index (χ0) is 18.7. The number of aryl methyl sites for hydroxylation is 1. The maximum atomic E-state index is 12.8. The van der Waals surface area contributed by atoms with E-state index in [9.17, 15) is 4.79 Å². The Kier molecular flexibility index (Phi) is 4.93. The van der Waals surface area contributed by atoms with E-state index in [1.165, 1.54) is 21.3 Å². The molecule has 1 amide bonds. The Hall–Kier alpha value is -3.28. The molecule has 3 rings (SSSR count). The van der Waals surface area contributed by atoms with Crippen LogP contribution < -0.4 is 19.5 Å². The molecule has 0 aliphatic rings. The number of benzene rings is 2. The van der Waals surface area contributed by atoms with Crippen LogP contribution in [0.15, 0.2) is 42.5 Å². The highest BCUT2D eigenvalue weighted by Gasteiger charge is 2.18. The summed E-state index contributed by atoms with van der Waals surface area (Å²) in [5.41, 5.74) is 2.75. The number of ether oxygens (including phenoxy) is 3. The van der Waals surface area contributed by atoms with Crippen molar-refractivity contribution in [3.05, 3.63) is 53.7 Å². The van der Waals surface area contributed by atoms with Gasteiger partial charge in [-0.15, -0.1) is 0 Å². The van der Waals surface area contributed by atoms with Crippen molar-refractivity contribution in [2.45, 2.75) is 6.92 Å². The van der Waals surface area contributed by atoms with Gasteiger partial charge >= 0.3 is 0 Å². The van der Waals surface area contributed by atoms with Crippen LogP contribution in [-0.2, 0) is 0 Å². The summed E-state index contributed by atoms with van der Waals surface area (Å²) in [6.45, 7) is 1.89. The number of rotatable bonds is 5. The van der Waals surface area contributed by atoms with Crippen molar-refractivity contribution < 1.29 is 19.0 Å². The predicted molar refractivity (Wildman–Crippen MR) is 101 cm³/mol. The number of fused-ring (bicyclic) bond motifs is 1. The van der Waals surface area contributed by atoms with Gasteiger partial charge in [0.15, 0.2) is 11.5 Å². The van der Waals surface area contributed by atoms with Gasteiger partial charge < -0.3 is 19.5 Å². The first-order valence-electron chi connectivity index (χ1n) is 8.05. The molecular formula is C20H20N2O4. The normalized spacial score (nSPS) is 10.5. The van der Waals surface area contributed by atoms with Crippen LogP contribution in [-0.4, -0.2) is 32.2 Å². The zero-order valence-corrected chi connectivity index (χ0v) is 15.1. The standard InChI is InChI=1S/C20H20N2O4/c1-12-9-16(14-7-5-6-8-15(14)21-12)22-20(23)13-10-17(24-2)19(26-4)18(11-13)25-3/h5-11H,1-4H3,(H,21,22,23). The van der Waals surface area contributed by atoms with Crippen LogP contribution in [0.5, 0.6) is 17.2 Å². The van der Waals surface area contributed by atoms with Crippen molar-refractivity contribution in [3.8, 4) is 17.2 Å². The first-order chi connectivity index (χ1) is 12.6. The number of aromatic nitrogens is 1. The smallest absolute Gasteiger partial charge is 0.255 e. The molecule has 6 heteroatoms. The number of pyridine rings is 1. The summed E-state index contributed by atoms with van der Waals surface area (Å²) in [5, 5.41) is 3.83. The minimum Gasteiger partial charge on any atom is -0.493 e. The fourth-order valence-corrected chi connectivity index (χ4v) is 2.82. The quantitative estimate of drug-likeness (QED) is 0.756. The third-order valence-corrected chi connectivity index (χ3v) is 4.02. The molecule has 1 N–H and O–H groups in total. The fourth-order valence-electron chi connectivity index (χ4n) is 2.82. The van der Waals surface area contributed by atoms with Gasteiger partial charge in [-0.2, -0.15) is 0 Å². The zero-order valence-electron chi connectivity index (χ0n) is 15.1. The molecule has 0 unspecified atom stereocenters. The SMILES string of the molecule is COc1cc(C(=O)Nc2cc(C)nc3ccccc23)cc(OC)c1OC. The number of hydrogen-bond acceptors (Lipinski definition) is 5. The minimum absolute atomic E-state index is 0.278. The van der Waals surface area contributed by atoms with E-state index in [0.29, 0.717) is 28.5 Å². The van der Waals surface area contributed by atoms with Gasteiger partial charge in [-0.05, 0) is 31.2 Å². The molecule has 2 aromatic carbocycles. The van der Waals surface area contributed by atoms with Crippen LogP contribution in [0.3, 0.4) is 0 Å². The fraction of sp³-hybridized carbons (Fsp3) is 0.200. The van der Waals surface area contributed by atoms with Gasteiger partial charge in [0.05, 0.1) is 32.5 Å². The summed E-state index contributed by atoms with van der Waals surface area (Å²) >= 11 is 0. The Labute approximate surface area is 151 Å². The summed E-state index contributed by atoms with van der Waals surface area (Å²) in [7, 11) is 4.55. The highest BCUT2D eigenvalue weighted by Crippen LogP contribution is 2.38. The molecule has 134 valence electrons. The molecule has 1 aromatic heterocycles. The molecule has 0 saturated heterocycles. The van der Waals surface area contributed by atoms with Crippen LogP contribution in [0.1, 0.15) is 16.1 Å². The highest BCUT2D eigenvalue weighted by molar-refractivity contribution is 6.09. The Balaban J connectivity index is 2.01. The molecule has 1 heterocycles. The lowest BCUT2D eigenvalue weighted by atomic mass is 10.1. The van der Waals surface area contributed by atoms with E-state index >= 15 is 0 Å². The lowest BCUT2D eigenvalue weighted by Gasteiger charge is -2.14. The molecule has 0 atom stereocenters. The average molecular weight is 352 g/mol. The highest BCUT2D eigenvalue weighted by atomic mass is 16.5. The second-order valence-electron chi connectivity index (χ2n) is 5.70. The number of amides is 1. The average Bonchev–Trinajstić information content (AvgIpc) is 2.66. The molecule has 0 radical (unpaired) electrons. The topological polar surface area (TPSA) is 69.7 Å². The number of anilines is 1. The third kappa shape index (κ3) is 3.26. The van der Waals surface area contributed by atoms with E-state index in [0.717, 1.165) is 16.6 Å². The number of para-hydroxylation sites is 1. The van der Waals surface area contributed by atoms with Gasteiger partial charge in [0.1, 0.15) is 0 Å². The molecule has 0 fully saturated rings. The lowest BCUT2D eigenvalue weighted by molar-refractivity contribution is 0.102. The van der Waals surface area contributed by atoms with E-state index in [1.54, 1.807) is 12.1 Å². The number of carbonyl (C=O) groups excluding carboxylic acids is 1.